The highest BCUT2D eigenvalue weighted by Crippen LogP contribution is 2.42. The maximum atomic E-state index is 14.1. The SMILES string of the molecule is Cc1ccc(S(=O)(=O)N2C/C=C(/c3ccccc3)CO[C@@H](C(F)(F)F)c3ccccc32)cc1. The van der Waals surface area contributed by atoms with Gasteiger partial charge in [-0.15, -0.1) is 0 Å². The van der Waals surface area contributed by atoms with Crippen molar-refractivity contribution in [1.82, 2.24) is 0 Å². The van der Waals surface area contributed by atoms with E-state index in [0.717, 1.165) is 9.87 Å². The van der Waals surface area contributed by atoms with Gasteiger partial charge >= 0.3 is 6.18 Å². The Bertz CT molecular complexity index is 1250. The number of ether oxygens (including phenoxy) is 1. The summed E-state index contributed by atoms with van der Waals surface area (Å²) in [5, 5.41) is 0. The topological polar surface area (TPSA) is 46.6 Å². The van der Waals surface area contributed by atoms with E-state index in [2.05, 4.69) is 0 Å². The van der Waals surface area contributed by atoms with Gasteiger partial charge in [-0.1, -0.05) is 72.3 Å². The first-order chi connectivity index (χ1) is 15.7. The molecule has 1 heterocycles. The lowest BCUT2D eigenvalue weighted by Crippen LogP contribution is -2.33. The van der Waals surface area contributed by atoms with Gasteiger partial charge in [0.15, 0.2) is 6.10 Å². The monoisotopic (exact) mass is 473 g/mol. The van der Waals surface area contributed by atoms with Crippen LogP contribution in [0.3, 0.4) is 0 Å². The Kier molecular flexibility index (Phi) is 6.32. The minimum Gasteiger partial charge on any atom is -0.359 e. The molecule has 0 amide bonds. The van der Waals surface area contributed by atoms with E-state index in [0.29, 0.717) is 11.1 Å². The summed E-state index contributed by atoms with van der Waals surface area (Å²) in [4.78, 5) is 0.00119. The van der Waals surface area contributed by atoms with E-state index in [1.54, 1.807) is 48.5 Å². The first-order valence-electron chi connectivity index (χ1n) is 10.3. The maximum absolute atomic E-state index is 14.1. The molecule has 0 fully saturated rings. The van der Waals surface area contributed by atoms with Crippen LogP contribution in [0.25, 0.3) is 5.57 Å². The summed E-state index contributed by atoms with van der Waals surface area (Å²) >= 11 is 0. The van der Waals surface area contributed by atoms with Crippen LogP contribution in [-0.2, 0) is 14.8 Å². The van der Waals surface area contributed by atoms with Crippen LogP contribution in [0.15, 0.2) is 89.8 Å². The van der Waals surface area contributed by atoms with Crippen LogP contribution in [-0.4, -0.2) is 27.7 Å². The van der Waals surface area contributed by atoms with Gasteiger partial charge in [0.1, 0.15) is 0 Å². The van der Waals surface area contributed by atoms with Crippen LogP contribution in [0.4, 0.5) is 18.9 Å². The number of aryl methyl sites for hydroxylation is 1. The molecule has 8 heteroatoms. The molecule has 0 aromatic heterocycles. The van der Waals surface area contributed by atoms with Crippen LogP contribution in [0.5, 0.6) is 0 Å². The minimum atomic E-state index is -4.73. The fraction of sp³-hybridized carbons (Fsp3) is 0.200. The summed E-state index contributed by atoms with van der Waals surface area (Å²) in [5.74, 6) is 0. The van der Waals surface area contributed by atoms with Crippen molar-refractivity contribution in [1.29, 1.82) is 0 Å². The van der Waals surface area contributed by atoms with Gasteiger partial charge in [0.05, 0.1) is 23.7 Å². The molecule has 3 aromatic rings. The number of hydrogen-bond donors (Lipinski definition) is 0. The Morgan fingerprint density at radius 2 is 1.55 bits per heavy atom. The number of sulfonamides is 1. The Hall–Kier alpha value is -3.10. The van der Waals surface area contributed by atoms with Gasteiger partial charge in [0, 0.05) is 5.56 Å². The Morgan fingerprint density at radius 3 is 2.21 bits per heavy atom. The molecule has 4 rings (SSSR count). The number of para-hydroxylation sites is 1. The largest absolute Gasteiger partial charge is 0.418 e. The summed E-state index contributed by atoms with van der Waals surface area (Å²) in [7, 11) is -4.16. The first kappa shape index (κ1) is 23.1. The van der Waals surface area contributed by atoms with E-state index in [1.165, 1.54) is 36.4 Å². The molecule has 1 aliphatic heterocycles. The molecule has 0 saturated carbocycles. The fourth-order valence-electron chi connectivity index (χ4n) is 3.74. The predicted octanol–water partition coefficient (Wildman–Crippen LogP) is 5.91. The second-order valence-electron chi connectivity index (χ2n) is 7.74. The highest BCUT2D eigenvalue weighted by molar-refractivity contribution is 7.92. The van der Waals surface area contributed by atoms with Gasteiger partial charge in [0.25, 0.3) is 10.0 Å². The highest BCUT2D eigenvalue weighted by atomic mass is 32.2. The van der Waals surface area contributed by atoms with Crippen molar-refractivity contribution >= 4 is 21.3 Å². The van der Waals surface area contributed by atoms with Crippen molar-refractivity contribution in [3.05, 3.63) is 102 Å². The summed E-state index contributed by atoms with van der Waals surface area (Å²) in [6.07, 6.45) is -5.41. The summed E-state index contributed by atoms with van der Waals surface area (Å²) in [6, 6.07) is 20.7. The average Bonchev–Trinajstić information content (AvgIpc) is 2.87. The first-order valence-corrected chi connectivity index (χ1v) is 11.7. The number of nitrogens with zero attached hydrogens (tertiary/aromatic N) is 1. The summed E-state index contributed by atoms with van der Waals surface area (Å²) < 4.78 is 75.9. The zero-order chi connectivity index (χ0) is 23.6. The average molecular weight is 474 g/mol. The molecule has 0 N–H and O–H groups in total. The van der Waals surface area contributed by atoms with Gasteiger partial charge in [-0.2, -0.15) is 13.2 Å². The van der Waals surface area contributed by atoms with Crippen molar-refractivity contribution < 1.29 is 26.3 Å². The molecule has 3 aromatic carbocycles. The van der Waals surface area contributed by atoms with Crippen molar-refractivity contribution in [3.63, 3.8) is 0 Å². The van der Waals surface area contributed by atoms with Crippen molar-refractivity contribution in [2.24, 2.45) is 0 Å². The van der Waals surface area contributed by atoms with Crippen molar-refractivity contribution in [2.45, 2.75) is 24.1 Å². The quantitative estimate of drug-likeness (QED) is 0.475. The van der Waals surface area contributed by atoms with E-state index < -0.39 is 22.3 Å². The number of rotatable bonds is 3. The van der Waals surface area contributed by atoms with Gasteiger partial charge in [-0.25, -0.2) is 8.42 Å². The number of halogens is 3. The standard InChI is InChI=1S/C25H22F3NO3S/c1-18-11-13-21(14-12-18)33(30,31)29-16-15-20(19-7-3-2-4-8-19)17-32-24(25(26,27)28)22-9-5-6-10-23(22)29/h2-15,24H,16-17H2,1H3/b20-15+/t24-/m1/s1. The Balaban J connectivity index is 1.90. The lowest BCUT2D eigenvalue weighted by atomic mass is 10.1. The van der Waals surface area contributed by atoms with E-state index in [-0.39, 0.29) is 29.3 Å². The third-order valence-electron chi connectivity index (χ3n) is 5.45. The van der Waals surface area contributed by atoms with Gasteiger partial charge < -0.3 is 4.74 Å². The Morgan fingerprint density at radius 1 is 0.909 bits per heavy atom. The van der Waals surface area contributed by atoms with E-state index >= 15 is 0 Å². The zero-order valence-electron chi connectivity index (χ0n) is 17.8. The predicted molar refractivity (Wildman–Crippen MR) is 121 cm³/mol. The molecule has 0 unspecified atom stereocenters. The molecular weight excluding hydrogens is 451 g/mol. The number of anilines is 1. The van der Waals surface area contributed by atoms with E-state index in [1.807, 2.05) is 6.92 Å². The third-order valence-corrected chi connectivity index (χ3v) is 7.24. The lowest BCUT2D eigenvalue weighted by molar-refractivity contribution is -0.219. The molecule has 172 valence electrons. The molecule has 1 aliphatic rings. The number of fused-ring (bicyclic) bond motifs is 1. The van der Waals surface area contributed by atoms with Gasteiger partial charge in [0.2, 0.25) is 0 Å². The smallest absolute Gasteiger partial charge is 0.359 e. The Labute approximate surface area is 191 Å². The molecular formula is C25H22F3NO3S. The third kappa shape index (κ3) is 4.82. The maximum Gasteiger partial charge on any atom is 0.418 e. The van der Waals surface area contributed by atoms with E-state index in [9.17, 15) is 21.6 Å². The normalized spacial score (nSPS) is 19.0. The summed E-state index contributed by atoms with van der Waals surface area (Å²) in [5.41, 5.74) is 1.70. The van der Waals surface area contributed by atoms with Crippen LogP contribution in [0, 0.1) is 6.92 Å². The molecule has 33 heavy (non-hydrogen) atoms. The molecule has 0 aliphatic carbocycles. The van der Waals surface area contributed by atoms with Gasteiger partial charge in [-0.05, 0) is 36.3 Å². The fourth-order valence-corrected chi connectivity index (χ4v) is 5.17. The number of alkyl halides is 3. The van der Waals surface area contributed by atoms with Gasteiger partial charge in [-0.3, -0.25) is 4.31 Å². The zero-order valence-corrected chi connectivity index (χ0v) is 18.6. The van der Waals surface area contributed by atoms with Crippen molar-refractivity contribution in [2.75, 3.05) is 17.5 Å². The lowest BCUT2D eigenvalue weighted by Gasteiger charge is -2.28. The van der Waals surface area contributed by atoms with Crippen LogP contribution < -0.4 is 4.31 Å². The summed E-state index contributed by atoms with van der Waals surface area (Å²) in [6.45, 7) is 1.36. The van der Waals surface area contributed by atoms with E-state index in [4.69, 9.17) is 4.74 Å². The van der Waals surface area contributed by atoms with Crippen LogP contribution >= 0.6 is 0 Å². The van der Waals surface area contributed by atoms with Crippen LogP contribution in [0.2, 0.25) is 0 Å². The number of benzene rings is 3. The second-order valence-corrected chi connectivity index (χ2v) is 9.60. The molecule has 0 bridgehead atoms. The molecule has 0 spiro atoms. The molecule has 0 radical (unpaired) electrons. The molecule has 0 saturated heterocycles. The second kappa shape index (κ2) is 9.03. The minimum absolute atomic E-state index is 0.00119. The number of hydrogen-bond acceptors (Lipinski definition) is 3. The molecule has 4 nitrogen and oxygen atoms in total. The highest BCUT2D eigenvalue weighted by Gasteiger charge is 2.44. The molecule has 1 atom stereocenters. The van der Waals surface area contributed by atoms with Crippen LogP contribution in [0.1, 0.15) is 22.8 Å². The van der Waals surface area contributed by atoms with Crippen molar-refractivity contribution in [3.8, 4) is 0 Å².